The van der Waals surface area contributed by atoms with Crippen LogP contribution in [0.25, 0.3) is 10.9 Å². The first-order chi connectivity index (χ1) is 14.0. The molecular formula is C24H26N2O3. The van der Waals surface area contributed by atoms with Crippen LogP contribution < -0.4 is 5.56 Å². The van der Waals surface area contributed by atoms with Crippen molar-refractivity contribution in [2.45, 2.75) is 19.3 Å². The average Bonchev–Trinajstić information content (AvgIpc) is 2.77. The Morgan fingerprint density at radius 2 is 1.69 bits per heavy atom. The summed E-state index contributed by atoms with van der Waals surface area (Å²) < 4.78 is 1.57. The predicted molar refractivity (Wildman–Crippen MR) is 114 cm³/mol. The zero-order chi connectivity index (χ0) is 20.4. The molecule has 3 aromatic rings. The minimum Gasteiger partial charge on any atom is -0.396 e. The van der Waals surface area contributed by atoms with Gasteiger partial charge in [-0.25, -0.2) is 0 Å². The Labute approximate surface area is 170 Å². The minimum absolute atomic E-state index is 0.106. The normalized spacial score (nSPS) is 16.1. The van der Waals surface area contributed by atoms with E-state index in [0.29, 0.717) is 18.7 Å². The second-order valence-corrected chi connectivity index (χ2v) is 8.09. The van der Waals surface area contributed by atoms with Gasteiger partial charge >= 0.3 is 0 Å². The minimum atomic E-state index is -0.201. The summed E-state index contributed by atoms with van der Waals surface area (Å²) in [6, 6.07) is 19.1. The maximum absolute atomic E-state index is 13.3. The maximum Gasteiger partial charge on any atom is 0.254 e. The number of hydrogen-bond acceptors (Lipinski definition) is 3. The molecule has 1 N–H and O–H groups in total. The van der Waals surface area contributed by atoms with E-state index in [1.807, 2.05) is 47.4 Å². The van der Waals surface area contributed by atoms with E-state index in [1.165, 1.54) is 11.6 Å². The largest absolute Gasteiger partial charge is 0.396 e. The molecular weight excluding hydrogens is 364 g/mol. The van der Waals surface area contributed by atoms with E-state index < -0.39 is 0 Å². The lowest BCUT2D eigenvalue weighted by atomic mass is 9.74. The number of amides is 1. The molecule has 1 aliphatic heterocycles. The molecule has 1 fully saturated rings. The van der Waals surface area contributed by atoms with Gasteiger partial charge in [0.25, 0.3) is 11.5 Å². The number of likely N-dealkylation sites (tertiary alicyclic amines) is 1. The zero-order valence-corrected chi connectivity index (χ0v) is 16.7. The fourth-order valence-corrected chi connectivity index (χ4v) is 4.36. The number of aromatic nitrogens is 1. The number of hydrogen-bond donors (Lipinski definition) is 1. The highest BCUT2D eigenvalue weighted by atomic mass is 16.3. The van der Waals surface area contributed by atoms with Crippen LogP contribution in [-0.4, -0.2) is 40.2 Å². The number of fused-ring (bicyclic) bond motifs is 1. The first-order valence-corrected chi connectivity index (χ1v) is 10.1. The fraction of sp³-hybridized carbons (Fsp3) is 0.333. The van der Waals surface area contributed by atoms with Gasteiger partial charge in [0.1, 0.15) is 0 Å². The Balaban J connectivity index is 1.56. The monoisotopic (exact) mass is 390 g/mol. The molecule has 0 spiro atoms. The average molecular weight is 390 g/mol. The molecule has 0 saturated carbocycles. The number of carbonyl (C=O) groups is 1. The lowest BCUT2D eigenvalue weighted by Crippen LogP contribution is -2.46. The number of para-hydroxylation sites is 1. The Morgan fingerprint density at radius 3 is 2.38 bits per heavy atom. The quantitative estimate of drug-likeness (QED) is 0.745. The Kier molecular flexibility index (Phi) is 5.24. The molecule has 0 bridgehead atoms. The smallest absolute Gasteiger partial charge is 0.254 e. The molecule has 29 heavy (non-hydrogen) atoms. The number of aliphatic hydroxyl groups is 1. The predicted octanol–water partition coefficient (Wildman–Crippen LogP) is 3.00. The van der Waals surface area contributed by atoms with Crippen LogP contribution in [0, 0.1) is 5.41 Å². The van der Waals surface area contributed by atoms with Gasteiger partial charge in [0.15, 0.2) is 0 Å². The molecule has 4 rings (SSSR count). The third-order valence-corrected chi connectivity index (χ3v) is 6.25. The van der Waals surface area contributed by atoms with Gasteiger partial charge in [-0.05, 0) is 30.9 Å². The SMILES string of the molecule is Cn1c(=O)cc(C(=O)N2CCC(CO)(Cc3ccccc3)CC2)c2ccccc21. The van der Waals surface area contributed by atoms with Crippen LogP contribution in [0.3, 0.4) is 0 Å². The standard InChI is InChI=1S/C24H26N2O3/c1-25-21-10-6-5-9-19(21)20(15-22(25)28)23(29)26-13-11-24(17-27,12-14-26)16-18-7-3-2-4-8-18/h2-10,15,27H,11-14,16-17H2,1H3. The highest BCUT2D eigenvalue weighted by Crippen LogP contribution is 2.35. The summed E-state index contributed by atoms with van der Waals surface area (Å²) in [5.41, 5.74) is 2.04. The van der Waals surface area contributed by atoms with Gasteiger partial charge in [-0.1, -0.05) is 48.5 Å². The van der Waals surface area contributed by atoms with Crippen molar-refractivity contribution in [3.8, 4) is 0 Å². The fourth-order valence-electron chi connectivity index (χ4n) is 4.36. The van der Waals surface area contributed by atoms with Crippen LogP contribution in [0.15, 0.2) is 65.5 Å². The van der Waals surface area contributed by atoms with E-state index in [9.17, 15) is 14.7 Å². The summed E-state index contributed by atoms with van der Waals surface area (Å²) in [5, 5.41) is 10.9. The van der Waals surface area contributed by atoms with Crippen molar-refractivity contribution >= 4 is 16.8 Å². The van der Waals surface area contributed by atoms with Crippen molar-refractivity contribution in [2.75, 3.05) is 19.7 Å². The molecule has 0 atom stereocenters. The molecule has 2 aromatic carbocycles. The number of nitrogens with zero attached hydrogens (tertiary/aromatic N) is 2. The molecule has 0 radical (unpaired) electrons. The maximum atomic E-state index is 13.3. The third kappa shape index (κ3) is 3.70. The van der Waals surface area contributed by atoms with Crippen molar-refractivity contribution in [1.29, 1.82) is 0 Å². The van der Waals surface area contributed by atoms with Crippen molar-refractivity contribution < 1.29 is 9.90 Å². The Morgan fingerprint density at radius 1 is 1.03 bits per heavy atom. The van der Waals surface area contributed by atoms with Crippen molar-refractivity contribution in [2.24, 2.45) is 12.5 Å². The van der Waals surface area contributed by atoms with Gasteiger partial charge in [-0.15, -0.1) is 0 Å². The van der Waals surface area contributed by atoms with Crippen molar-refractivity contribution in [3.05, 3.63) is 82.1 Å². The van der Waals surface area contributed by atoms with Crippen LogP contribution >= 0.6 is 0 Å². The molecule has 5 heteroatoms. The van der Waals surface area contributed by atoms with Crippen molar-refractivity contribution in [3.63, 3.8) is 0 Å². The topological polar surface area (TPSA) is 62.5 Å². The van der Waals surface area contributed by atoms with E-state index >= 15 is 0 Å². The zero-order valence-electron chi connectivity index (χ0n) is 16.7. The molecule has 150 valence electrons. The van der Waals surface area contributed by atoms with Crippen LogP contribution in [-0.2, 0) is 13.5 Å². The number of benzene rings is 2. The molecule has 1 aliphatic rings. The number of aliphatic hydroxyl groups excluding tert-OH is 1. The van der Waals surface area contributed by atoms with E-state index in [2.05, 4.69) is 12.1 Å². The molecule has 0 aliphatic carbocycles. The van der Waals surface area contributed by atoms with Crippen LogP contribution in [0.4, 0.5) is 0 Å². The molecule has 0 unspecified atom stereocenters. The molecule has 2 heterocycles. The molecule has 5 nitrogen and oxygen atoms in total. The molecule has 1 aromatic heterocycles. The summed E-state index contributed by atoms with van der Waals surface area (Å²) >= 11 is 0. The summed E-state index contributed by atoms with van der Waals surface area (Å²) in [4.78, 5) is 27.4. The number of aryl methyl sites for hydroxylation is 1. The first-order valence-electron chi connectivity index (χ1n) is 10.1. The van der Waals surface area contributed by atoms with Gasteiger partial charge in [0, 0.05) is 43.6 Å². The van der Waals surface area contributed by atoms with Gasteiger partial charge in [0.2, 0.25) is 0 Å². The van der Waals surface area contributed by atoms with E-state index in [4.69, 9.17) is 0 Å². The summed E-state index contributed by atoms with van der Waals surface area (Å²) in [6.45, 7) is 1.27. The van der Waals surface area contributed by atoms with Crippen LogP contribution in [0.5, 0.6) is 0 Å². The highest BCUT2D eigenvalue weighted by Gasteiger charge is 2.36. The summed E-state index contributed by atoms with van der Waals surface area (Å²) in [5.74, 6) is -0.106. The molecule has 1 saturated heterocycles. The van der Waals surface area contributed by atoms with Crippen LogP contribution in [0.2, 0.25) is 0 Å². The lowest BCUT2D eigenvalue weighted by molar-refractivity contribution is 0.0359. The summed E-state index contributed by atoms with van der Waals surface area (Å²) in [7, 11) is 1.72. The van der Waals surface area contributed by atoms with Crippen LogP contribution in [0.1, 0.15) is 28.8 Å². The molecule has 1 amide bonds. The van der Waals surface area contributed by atoms with Crippen molar-refractivity contribution in [1.82, 2.24) is 9.47 Å². The van der Waals surface area contributed by atoms with E-state index in [-0.39, 0.29) is 23.5 Å². The van der Waals surface area contributed by atoms with E-state index in [1.54, 1.807) is 11.6 Å². The first kappa shape index (κ1) is 19.4. The van der Waals surface area contributed by atoms with Gasteiger partial charge in [0.05, 0.1) is 11.1 Å². The van der Waals surface area contributed by atoms with Gasteiger partial charge < -0.3 is 14.6 Å². The Hall–Kier alpha value is -2.92. The number of pyridine rings is 1. The second-order valence-electron chi connectivity index (χ2n) is 8.09. The third-order valence-electron chi connectivity index (χ3n) is 6.25. The van der Waals surface area contributed by atoms with E-state index in [0.717, 1.165) is 30.2 Å². The van der Waals surface area contributed by atoms with Gasteiger partial charge in [-0.3, -0.25) is 9.59 Å². The number of rotatable bonds is 4. The lowest BCUT2D eigenvalue weighted by Gasteiger charge is -2.41. The van der Waals surface area contributed by atoms with Gasteiger partial charge in [-0.2, -0.15) is 0 Å². The number of piperidine rings is 1. The highest BCUT2D eigenvalue weighted by molar-refractivity contribution is 6.06. The second kappa shape index (κ2) is 7.84. The Bertz CT molecular complexity index is 1080. The summed E-state index contributed by atoms with van der Waals surface area (Å²) in [6.07, 6.45) is 2.29. The number of carbonyl (C=O) groups excluding carboxylic acids is 1.